The number of nitrogens with zero attached hydrogens (tertiary/aromatic N) is 2. The summed E-state index contributed by atoms with van der Waals surface area (Å²) in [5.74, 6) is 0.0534. The summed E-state index contributed by atoms with van der Waals surface area (Å²) in [6, 6.07) is 0.797. The van der Waals surface area contributed by atoms with Crippen LogP contribution in [0.1, 0.15) is 26.2 Å². The van der Waals surface area contributed by atoms with E-state index in [1.165, 1.54) is 25.8 Å². The molecule has 120 valence electrons. The lowest BCUT2D eigenvalue weighted by Gasteiger charge is -2.48. The number of piperazine rings is 1. The summed E-state index contributed by atoms with van der Waals surface area (Å²) in [7, 11) is 1.55. The molecule has 0 aromatic heterocycles. The average Bonchev–Trinajstić information content (AvgIpc) is 2.39. The van der Waals surface area contributed by atoms with E-state index in [9.17, 15) is 4.79 Å². The van der Waals surface area contributed by atoms with Gasteiger partial charge in [-0.15, -0.1) is 24.8 Å². The van der Waals surface area contributed by atoms with Crippen molar-refractivity contribution in [3.63, 3.8) is 0 Å². The summed E-state index contributed by atoms with van der Waals surface area (Å²) in [4.78, 5) is 16.8. The van der Waals surface area contributed by atoms with Crippen molar-refractivity contribution in [2.45, 2.75) is 44.4 Å². The number of hydrogen-bond acceptors (Lipinski definition) is 4. The zero-order valence-electron chi connectivity index (χ0n) is 12.3. The molecule has 3 atom stereocenters. The van der Waals surface area contributed by atoms with Crippen molar-refractivity contribution in [3.8, 4) is 0 Å². The summed E-state index contributed by atoms with van der Waals surface area (Å²) in [6.45, 7) is 5.37. The summed E-state index contributed by atoms with van der Waals surface area (Å²) in [5.41, 5.74) is 5.59. The van der Waals surface area contributed by atoms with Crippen LogP contribution in [-0.2, 0) is 9.53 Å². The Morgan fingerprint density at radius 3 is 2.65 bits per heavy atom. The summed E-state index contributed by atoms with van der Waals surface area (Å²) < 4.78 is 5.17. The minimum absolute atomic E-state index is 0. The van der Waals surface area contributed by atoms with Crippen molar-refractivity contribution in [3.05, 3.63) is 0 Å². The van der Waals surface area contributed by atoms with Crippen LogP contribution >= 0.6 is 24.8 Å². The van der Waals surface area contributed by atoms with Gasteiger partial charge in [-0.05, 0) is 26.3 Å². The Bertz CT molecular complexity index is 303. The van der Waals surface area contributed by atoms with Crippen LogP contribution in [0.5, 0.6) is 0 Å². The molecule has 2 saturated heterocycles. The first-order valence-corrected chi connectivity index (χ1v) is 6.94. The Balaban J connectivity index is 0.00000180. The summed E-state index contributed by atoms with van der Waals surface area (Å²) >= 11 is 0. The second-order valence-corrected chi connectivity index (χ2v) is 5.44. The fourth-order valence-electron chi connectivity index (χ4n) is 3.14. The molecule has 0 saturated carbocycles. The lowest BCUT2D eigenvalue weighted by Crippen LogP contribution is -2.62. The minimum Gasteiger partial charge on any atom is -0.370 e. The highest BCUT2D eigenvalue weighted by Crippen LogP contribution is 2.24. The Hall–Kier alpha value is -0.0700. The van der Waals surface area contributed by atoms with Gasteiger partial charge in [-0.25, -0.2) is 0 Å². The van der Waals surface area contributed by atoms with Crippen molar-refractivity contribution < 1.29 is 9.53 Å². The third kappa shape index (κ3) is 4.21. The van der Waals surface area contributed by atoms with Crippen LogP contribution in [0.3, 0.4) is 0 Å². The zero-order chi connectivity index (χ0) is 13.1. The van der Waals surface area contributed by atoms with E-state index in [2.05, 4.69) is 11.8 Å². The van der Waals surface area contributed by atoms with Crippen molar-refractivity contribution in [1.82, 2.24) is 9.80 Å². The van der Waals surface area contributed by atoms with E-state index in [4.69, 9.17) is 10.5 Å². The predicted molar refractivity (Wildman–Crippen MR) is 84.7 cm³/mol. The predicted octanol–water partition coefficient (Wildman–Crippen LogP) is 0.889. The van der Waals surface area contributed by atoms with E-state index in [-0.39, 0.29) is 43.3 Å². The molecule has 0 aromatic rings. The van der Waals surface area contributed by atoms with Crippen molar-refractivity contribution in [1.29, 1.82) is 0 Å². The van der Waals surface area contributed by atoms with E-state index in [1.807, 2.05) is 4.90 Å². The maximum atomic E-state index is 12.3. The SMILES string of the molecule is COC(CN)C(=O)N1CC2CCCCN2CC1C.Cl.Cl. The van der Waals surface area contributed by atoms with Gasteiger partial charge in [0.1, 0.15) is 6.10 Å². The highest BCUT2D eigenvalue weighted by atomic mass is 35.5. The maximum Gasteiger partial charge on any atom is 0.253 e. The molecule has 7 heteroatoms. The van der Waals surface area contributed by atoms with E-state index in [0.29, 0.717) is 6.04 Å². The highest BCUT2D eigenvalue weighted by Gasteiger charge is 2.37. The van der Waals surface area contributed by atoms with Crippen molar-refractivity contribution >= 4 is 30.7 Å². The molecule has 2 aliphatic rings. The lowest BCUT2D eigenvalue weighted by atomic mass is 9.97. The number of nitrogens with two attached hydrogens (primary N) is 1. The van der Waals surface area contributed by atoms with Gasteiger partial charge in [-0.2, -0.15) is 0 Å². The average molecular weight is 328 g/mol. The van der Waals surface area contributed by atoms with Crippen LogP contribution in [0, 0.1) is 0 Å². The van der Waals surface area contributed by atoms with Crippen molar-refractivity contribution in [2.75, 3.05) is 33.3 Å². The number of carbonyl (C=O) groups is 1. The van der Waals surface area contributed by atoms with Crippen LogP contribution in [0.4, 0.5) is 0 Å². The molecule has 5 nitrogen and oxygen atoms in total. The second kappa shape index (κ2) is 9.05. The number of halogens is 2. The third-order valence-electron chi connectivity index (χ3n) is 4.24. The van der Waals surface area contributed by atoms with Crippen LogP contribution < -0.4 is 5.73 Å². The fourth-order valence-corrected chi connectivity index (χ4v) is 3.14. The first-order valence-electron chi connectivity index (χ1n) is 6.94. The van der Waals surface area contributed by atoms with Crippen LogP contribution in [-0.4, -0.2) is 67.2 Å². The van der Waals surface area contributed by atoms with Gasteiger partial charge >= 0.3 is 0 Å². The van der Waals surface area contributed by atoms with Crippen molar-refractivity contribution in [2.24, 2.45) is 5.73 Å². The normalized spacial score (nSPS) is 27.9. The number of hydrogen-bond donors (Lipinski definition) is 1. The zero-order valence-corrected chi connectivity index (χ0v) is 13.9. The molecule has 0 radical (unpaired) electrons. The third-order valence-corrected chi connectivity index (χ3v) is 4.24. The number of carbonyl (C=O) groups excluding carboxylic acids is 1. The Labute approximate surface area is 134 Å². The second-order valence-electron chi connectivity index (χ2n) is 5.44. The van der Waals surface area contributed by atoms with E-state index < -0.39 is 6.10 Å². The first kappa shape index (κ1) is 19.9. The van der Waals surface area contributed by atoms with E-state index in [1.54, 1.807) is 7.11 Å². The molecule has 2 aliphatic heterocycles. The van der Waals surface area contributed by atoms with E-state index in [0.717, 1.165) is 13.1 Å². The molecule has 2 heterocycles. The molecule has 2 rings (SSSR count). The van der Waals surface area contributed by atoms with Crippen LogP contribution in [0.15, 0.2) is 0 Å². The molecule has 0 aromatic carbocycles. The molecule has 1 amide bonds. The Morgan fingerprint density at radius 1 is 1.35 bits per heavy atom. The Kier molecular flexibility index (Phi) is 9.02. The smallest absolute Gasteiger partial charge is 0.253 e. The minimum atomic E-state index is -0.484. The topological polar surface area (TPSA) is 58.8 Å². The molecule has 0 bridgehead atoms. The standard InChI is InChI=1S/C13H25N3O2.2ClH/c1-10-8-15-6-4-3-5-11(15)9-16(10)13(17)12(7-14)18-2;;/h10-12H,3-9,14H2,1-2H3;2*1H. The van der Waals surface area contributed by atoms with Crippen LogP contribution in [0.2, 0.25) is 0 Å². The molecule has 3 unspecified atom stereocenters. The molecule has 0 aliphatic carbocycles. The van der Waals surface area contributed by atoms with Gasteiger partial charge < -0.3 is 15.4 Å². The molecular formula is C13H27Cl2N3O2. The number of amides is 1. The lowest BCUT2D eigenvalue weighted by molar-refractivity contribution is -0.148. The monoisotopic (exact) mass is 327 g/mol. The van der Waals surface area contributed by atoms with Gasteiger partial charge in [-0.1, -0.05) is 6.42 Å². The van der Waals surface area contributed by atoms with Gasteiger partial charge in [0.25, 0.3) is 5.91 Å². The first-order chi connectivity index (χ1) is 8.67. The number of ether oxygens (including phenoxy) is 1. The maximum absolute atomic E-state index is 12.3. The number of rotatable bonds is 3. The van der Waals surface area contributed by atoms with Gasteiger partial charge in [0, 0.05) is 38.8 Å². The quantitative estimate of drug-likeness (QED) is 0.836. The van der Waals surface area contributed by atoms with Gasteiger partial charge in [-0.3, -0.25) is 9.69 Å². The van der Waals surface area contributed by atoms with Gasteiger partial charge in [0.2, 0.25) is 0 Å². The number of fused-ring (bicyclic) bond motifs is 1. The Morgan fingerprint density at radius 2 is 2.05 bits per heavy atom. The summed E-state index contributed by atoms with van der Waals surface area (Å²) in [6.07, 6.45) is 3.29. The molecular weight excluding hydrogens is 301 g/mol. The largest absolute Gasteiger partial charge is 0.370 e. The fraction of sp³-hybridized carbons (Fsp3) is 0.923. The molecule has 2 N–H and O–H groups in total. The van der Waals surface area contributed by atoms with E-state index >= 15 is 0 Å². The number of methoxy groups -OCH3 is 1. The summed E-state index contributed by atoms with van der Waals surface area (Å²) in [5, 5.41) is 0. The van der Waals surface area contributed by atoms with Gasteiger partial charge in [0.15, 0.2) is 0 Å². The number of piperidine rings is 1. The van der Waals surface area contributed by atoms with Gasteiger partial charge in [0.05, 0.1) is 0 Å². The molecule has 2 fully saturated rings. The molecule has 0 spiro atoms. The highest BCUT2D eigenvalue weighted by molar-refractivity contribution is 5.85. The molecule has 20 heavy (non-hydrogen) atoms. The van der Waals surface area contributed by atoms with Crippen LogP contribution in [0.25, 0.3) is 0 Å².